The molecule has 6 heteroatoms. The summed E-state index contributed by atoms with van der Waals surface area (Å²) < 4.78 is 0. The van der Waals surface area contributed by atoms with Crippen LogP contribution in [0.15, 0.2) is 6.20 Å². The maximum absolute atomic E-state index is 12.2. The first kappa shape index (κ1) is 12.0. The van der Waals surface area contributed by atoms with Crippen LogP contribution in [0.5, 0.6) is 0 Å². The molecule has 0 aromatic carbocycles. The Morgan fingerprint density at radius 3 is 2.94 bits per heavy atom. The van der Waals surface area contributed by atoms with E-state index in [1.807, 2.05) is 20.0 Å². The third kappa shape index (κ3) is 2.30. The van der Waals surface area contributed by atoms with E-state index in [2.05, 4.69) is 10.3 Å². The lowest BCUT2D eigenvalue weighted by atomic mass is 9.97. The van der Waals surface area contributed by atoms with E-state index in [1.54, 1.807) is 6.20 Å². The van der Waals surface area contributed by atoms with Crippen molar-refractivity contribution in [1.29, 1.82) is 5.26 Å². The largest absolute Gasteiger partial charge is 0.316 e. The number of thiazole rings is 1. The van der Waals surface area contributed by atoms with Crippen LogP contribution >= 0.6 is 11.3 Å². The molecule has 1 fully saturated rings. The molecule has 1 N–H and O–H groups in total. The monoisotopic (exact) mass is 250 g/mol. The number of rotatable bonds is 2. The SMILES string of the molecule is Cc1cnc(N(C#N)C(=O)[C@@H]2CNC[C@H]2C)s1. The molecule has 2 atom stereocenters. The zero-order chi connectivity index (χ0) is 12.4. The Hall–Kier alpha value is -1.45. The minimum Gasteiger partial charge on any atom is -0.316 e. The highest BCUT2D eigenvalue weighted by Crippen LogP contribution is 2.25. The van der Waals surface area contributed by atoms with Crippen LogP contribution in [0.4, 0.5) is 5.13 Å². The van der Waals surface area contributed by atoms with Gasteiger partial charge in [-0.2, -0.15) is 10.2 Å². The number of nitriles is 1. The van der Waals surface area contributed by atoms with Gasteiger partial charge in [-0.25, -0.2) is 4.98 Å². The van der Waals surface area contributed by atoms with Crippen molar-refractivity contribution in [3.63, 3.8) is 0 Å². The van der Waals surface area contributed by atoms with Gasteiger partial charge >= 0.3 is 0 Å². The summed E-state index contributed by atoms with van der Waals surface area (Å²) in [7, 11) is 0. The first-order chi connectivity index (χ1) is 8.13. The number of hydrogen-bond donors (Lipinski definition) is 1. The third-order valence-corrected chi connectivity index (χ3v) is 3.85. The highest BCUT2D eigenvalue weighted by Gasteiger charge is 2.34. The second-order valence-corrected chi connectivity index (χ2v) is 5.48. The van der Waals surface area contributed by atoms with Crippen LogP contribution in [-0.2, 0) is 4.79 Å². The second kappa shape index (κ2) is 4.82. The molecule has 17 heavy (non-hydrogen) atoms. The van der Waals surface area contributed by atoms with Crippen LogP contribution in [0, 0.1) is 30.2 Å². The fourth-order valence-corrected chi connectivity index (χ4v) is 2.66. The molecule has 1 aromatic heterocycles. The van der Waals surface area contributed by atoms with Crippen molar-refractivity contribution >= 4 is 22.4 Å². The van der Waals surface area contributed by atoms with Gasteiger partial charge in [-0.3, -0.25) is 4.79 Å². The Bertz CT molecular complexity index is 464. The maximum Gasteiger partial charge on any atom is 0.246 e. The molecule has 2 rings (SSSR count). The Labute approximate surface area is 104 Å². The van der Waals surface area contributed by atoms with Crippen molar-refractivity contribution < 1.29 is 4.79 Å². The number of carbonyl (C=O) groups is 1. The Kier molecular flexibility index (Phi) is 3.41. The van der Waals surface area contributed by atoms with E-state index >= 15 is 0 Å². The van der Waals surface area contributed by atoms with Gasteiger partial charge in [0.05, 0.1) is 5.92 Å². The van der Waals surface area contributed by atoms with Gasteiger partial charge in [0, 0.05) is 17.6 Å². The number of carbonyl (C=O) groups excluding carboxylic acids is 1. The van der Waals surface area contributed by atoms with E-state index in [0.29, 0.717) is 11.7 Å². The quantitative estimate of drug-likeness (QED) is 0.631. The summed E-state index contributed by atoms with van der Waals surface area (Å²) in [6.45, 7) is 5.39. The Morgan fingerprint density at radius 2 is 2.47 bits per heavy atom. The van der Waals surface area contributed by atoms with E-state index in [1.165, 1.54) is 11.3 Å². The Morgan fingerprint density at radius 1 is 1.71 bits per heavy atom. The number of nitrogens with zero attached hydrogens (tertiary/aromatic N) is 3. The first-order valence-electron chi connectivity index (χ1n) is 5.50. The van der Waals surface area contributed by atoms with Gasteiger partial charge in [0.2, 0.25) is 11.0 Å². The molecule has 1 aliphatic rings. The minimum atomic E-state index is -0.153. The molecule has 5 nitrogen and oxygen atoms in total. The van der Waals surface area contributed by atoms with Crippen LogP contribution < -0.4 is 10.2 Å². The number of anilines is 1. The van der Waals surface area contributed by atoms with Crippen molar-refractivity contribution in [3.8, 4) is 6.19 Å². The van der Waals surface area contributed by atoms with Crippen LogP contribution in [0.3, 0.4) is 0 Å². The van der Waals surface area contributed by atoms with Crippen molar-refractivity contribution in [1.82, 2.24) is 10.3 Å². The van der Waals surface area contributed by atoms with E-state index in [-0.39, 0.29) is 17.7 Å². The molecule has 2 heterocycles. The summed E-state index contributed by atoms with van der Waals surface area (Å²) >= 11 is 1.36. The molecule has 0 aliphatic carbocycles. The van der Waals surface area contributed by atoms with Crippen LogP contribution in [0.1, 0.15) is 11.8 Å². The molecule has 0 radical (unpaired) electrons. The maximum atomic E-state index is 12.2. The number of aromatic nitrogens is 1. The minimum absolute atomic E-state index is 0.126. The lowest BCUT2D eigenvalue weighted by Crippen LogP contribution is -2.35. The molecule has 0 bridgehead atoms. The molecule has 1 amide bonds. The number of aryl methyl sites for hydroxylation is 1. The highest BCUT2D eigenvalue weighted by molar-refractivity contribution is 7.15. The van der Waals surface area contributed by atoms with E-state index < -0.39 is 0 Å². The number of hydrogen-bond acceptors (Lipinski definition) is 5. The topological polar surface area (TPSA) is 69.0 Å². The summed E-state index contributed by atoms with van der Waals surface area (Å²) in [6, 6.07) is 0. The summed E-state index contributed by atoms with van der Waals surface area (Å²) in [5, 5.41) is 12.7. The van der Waals surface area contributed by atoms with Gasteiger partial charge in [0.15, 0.2) is 6.19 Å². The molecule has 0 spiro atoms. The van der Waals surface area contributed by atoms with E-state index in [9.17, 15) is 4.79 Å². The molecule has 1 aromatic rings. The predicted molar refractivity (Wildman–Crippen MR) is 65.5 cm³/mol. The number of amides is 1. The van der Waals surface area contributed by atoms with Crippen molar-refractivity contribution in [2.75, 3.05) is 18.0 Å². The molecule has 90 valence electrons. The summed E-state index contributed by atoms with van der Waals surface area (Å²) in [5.74, 6) is -0.0161. The molecular weight excluding hydrogens is 236 g/mol. The average Bonchev–Trinajstić information content (AvgIpc) is 2.88. The van der Waals surface area contributed by atoms with Crippen molar-refractivity contribution in [3.05, 3.63) is 11.1 Å². The van der Waals surface area contributed by atoms with Crippen LogP contribution in [0.2, 0.25) is 0 Å². The fraction of sp³-hybridized carbons (Fsp3) is 0.545. The lowest BCUT2D eigenvalue weighted by molar-refractivity contribution is -0.122. The molecular formula is C11H14N4OS. The predicted octanol–water partition coefficient (Wildman–Crippen LogP) is 1.12. The standard InChI is InChI=1S/C11H14N4OS/c1-7-3-13-5-9(7)10(16)15(6-12)11-14-4-8(2)17-11/h4,7,9,13H,3,5H2,1-2H3/t7-,9-/m1/s1. The zero-order valence-corrected chi connectivity index (χ0v) is 10.6. The average molecular weight is 250 g/mol. The second-order valence-electron chi connectivity index (χ2n) is 4.27. The molecule has 1 saturated heterocycles. The first-order valence-corrected chi connectivity index (χ1v) is 6.32. The molecule has 1 aliphatic heterocycles. The van der Waals surface area contributed by atoms with E-state index in [0.717, 1.165) is 16.3 Å². The lowest BCUT2D eigenvalue weighted by Gasteiger charge is -2.17. The van der Waals surface area contributed by atoms with Gasteiger partial charge in [-0.1, -0.05) is 6.92 Å². The number of nitrogens with one attached hydrogen (secondary N) is 1. The van der Waals surface area contributed by atoms with Gasteiger partial charge in [-0.15, -0.1) is 11.3 Å². The van der Waals surface area contributed by atoms with Crippen LogP contribution in [-0.4, -0.2) is 24.0 Å². The molecule has 0 saturated carbocycles. The van der Waals surface area contributed by atoms with Crippen LogP contribution in [0.25, 0.3) is 0 Å². The van der Waals surface area contributed by atoms with Crippen molar-refractivity contribution in [2.24, 2.45) is 11.8 Å². The Balaban J connectivity index is 2.19. The fourth-order valence-electron chi connectivity index (χ4n) is 1.94. The van der Waals surface area contributed by atoms with Gasteiger partial charge in [-0.05, 0) is 19.4 Å². The van der Waals surface area contributed by atoms with Gasteiger partial charge in [0.1, 0.15) is 0 Å². The van der Waals surface area contributed by atoms with E-state index in [4.69, 9.17) is 5.26 Å². The van der Waals surface area contributed by atoms with Gasteiger partial charge in [0.25, 0.3) is 0 Å². The highest BCUT2D eigenvalue weighted by atomic mass is 32.1. The van der Waals surface area contributed by atoms with Gasteiger partial charge < -0.3 is 5.32 Å². The smallest absolute Gasteiger partial charge is 0.246 e. The molecule has 0 unspecified atom stereocenters. The summed E-state index contributed by atoms with van der Waals surface area (Å²) in [5.41, 5.74) is 0. The van der Waals surface area contributed by atoms with Crippen molar-refractivity contribution in [2.45, 2.75) is 13.8 Å². The zero-order valence-electron chi connectivity index (χ0n) is 9.80. The summed E-state index contributed by atoms with van der Waals surface area (Å²) in [6.07, 6.45) is 3.61. The third-order valence-electron chi connectivity index (χ3n) is 2.96. The normalized spacial score (nSPS) is 23.4. The summed E-state index contributed by atoms with van der Waals surface area (Å²) in [4.78, 5) is 18.4.